The first-order valence-corrected chi connectivity index (χ1v) is 7.99. The van der Waals surface area contributed by atoms with Crippen LogP contribution in [0.15, 0.2) is 52.1 Å². The molecule has 124 valence electrons. The number of aliphatic imine (C=N–C) groups is 1. The van der Waals surface area contributed by atoms with Crippen molar-refractivity contribution in [2.75, 3.05) is 26.7 Å². The average Bonchev–Trinajstić information content (AvgIpc) is 3.08. The molecule has 0 saturated carbocycles. The zero-order chi connectivity index (χ0) is 16.3. The molecule has 1 aromatic heterocycles. The van der Waals surface area contributed by atoms with E-state index < -0.39 is 0 Å². The zero-order valence-corrected chi connectivity index (χ0v) is 13.8. The molecule has 2 aromatic rings. The number of guanidine groups is 1. The minimum absolute atomic E-state index is 0.696. The van der Waals surface area contributed by atoms with Crippen LogP contribution in [0.5, 0.6) is 5.75 Å². The molecule has 2 rings (SSSR count). The fourth-order valence-electron chi connectivity index (χ4n) is 2.23. The maximum atomic E-state index is 5.31. The average molecular weight is 315 g/mol. The van der Waals surface area contributed by atoms with Gasteiger partial charge in [-0.1, -0.05) is 12.1 Å². The summed E-state index contributed by atoms with van der Waals surface area (Å²) < 4.78 is 10.6. The van der Waals surface area contributed by atoms with Crippen molar-refractivity contribution >= 4 is 5.96 Å². The van der Waals surface area contributed by atoms with Gasteiger partial charge < -0.3 is 19.8 Å². The molecule has 1 heterocycles. The molecule has 0 bridgehead atoms. The molecule has 0 atom stereocenters. The Morgan fingerprint density at radius 2 is 2.09 bits per heavy atom. The molecule has 0 spiro atoms. The summed E-state index contributed by atoms with van der Waals surface area (Å²) in [5, 5.41) is 6.61. The molecule has 2 N–H and O–H groups in total. The monoisotopic (exact) mass is 315 g/mol. The number of hydrogen-bond donors (Lipinski definition) is 2. The Hall–Kier alpha value is -2.43. The normalized spacial score (nSPS) is 11.3. The lowest BCUT2D eigenvalue weighted by Crippen LogP contribution is -2.38. The minimum Gasteiger partial charge on any atom is -0.497 e. The summed E-state index contributed by atoms with van der Waals surface area (Å²) >= 11 is 0. The van der Waals surface area contributed by atoms with Crippen molar-refractivity contribution < 1.29 is 9.15 Å². The maximum Gasteiger partial charge on any atom is 0.191 e. The maximum absolute atomic E-state index is 5.31. The molecule has 0 saturated heterocycles. The van der Waals surface area contributed by atoms with E-state index in [1.165, 1.54) is 5.56 Å². The van der Waals surface area contributed by atoms with E-state index in [2.05, 4.69) is 34.7 Å². The van der Waals surface area contributed by atoms with Crippen molar-refractivity contribution in [3.63, 3.8) is 0 Å². The van der Waals surface area contributed by atoms with Crippen LogP contribution >= 0.6 is 0 Å². The first-order chi connectivity index (χ1) is 11.3. The van der Waals surface area contributed by atoms with Gasteiger partial charge in [0, 0.05) is 26.1 Å². The van der Waals surface area contributed by atoms with Crippen LogP contribution < -0.4 is 15.4 Å². The molecule has 0 radical (unpaired) electrons. The molecule has 0 aliphatic rings. The van der Waals surface area contributed by atoms with Crippen molar-refractivity contribution in [3.8, 4) is 5.75 Å². The molecule has 1 aromatic carbocycles. The first-order valence-electron chi connectivity index (χ1n) is 7.99. The van der Waals surface area contributed by atoms with Gasteiger partial charge in [-0.05, 0) is 43.2 Å². The van der Waals surface area contributed by atoms with Gasteiger partial charge in [0.2, 0.25) is 0 Å². The first kappa shape index (κ1) is 16.9. The predicted molar refractivity (Wildman–Crippen MR) is 93.1 cm³/mol. The van der Waals surface area contributed by atoms with E-state index in [-0.39, 0.29) is 0 Å². The van der Waals surface area contributed by atoms with Gasteiger partial charge in [-0.2, -0.15) is 0 Å². The highest BCUT2D eigenvalue weighted by molar-refractivity contribution is 5.79. The summed E-state index contributed by atoms with van der Waals surface area (Å²) in [5.74, 6) is 2.68. The van der Waals surface area contributed by atoms with Crippen LogP contribution in [0.4, 0.5) is 0 Å². The van der Waals surface area contributed by atoms with Gasteiger partial charge in [-0.15, -0.1) is 0 Å². The Balaban J connectivity index is 1.79. The number of furan rings is 1. The topological polar surface area (TPSA) is 58.8 Å². The van der Waals surface area contributed by atoms with E-state index in [4.69, 9.17) is 9.15 Å². The number of hydrogen-bond acceptors (Lipinski definition) is 3. The molecule has 5 nitrogen and oxygen atoms in total. The number of rotatable bonds is 8. The molecular formula is C18H25N3O2. The lowest BCUT2D eigenvalue weighted by atomic mass is 10.1. The summed E-state index contributed by atoms with van der Waals surface area (Å²) in [5.41, 5.74) is 1.24. The lowest BCUT2D eigenvalue weighted by molar-refractivity contribution is 0.414. The fraction of sp³-hybridized carbons (Fsp3) is 0.389. The van der Waals surface area contributed by atoms with Crippen LogP contribution in [0.25, 0.3) is 0 Å². The second-order valence-corrected chi connectivity index (χ2v) is 5.12. The quantitative estimate of drug-likeness (QED) is 0.581. The SMILES string of the molecule is CCNC(=NCCc1ccco1)NCCc1cccc(OC)c1. The largest absolute Gasteiger partial charge is 0.497 e. The van der Waals surface area contributed by atoms with Gasteiger partial charge in [0.05, 0.1) is 13.4 Å². The summed E-state index contributed by atoms with van der Waals surface area (Å²) in [4.78, 5) is 4.56. The second-order valence-electron chi connectivity index (χ2n) is 5.12. The molecule has 0 unspecified atom stereocenters. The van der Waals surface area contributed by atoms with Crippen molar-refractivity contribution in [2.24, 2.45) is 4.99 Å². The molecule has 0 amide bonds. The molecule has 23 heavy (non-hydrogen) atoms. The second kappa shape index (κ2) is 9.56. The van der Waals surface area contributed by atoms with Crippen molar-refractivity contribution in [2.45, 2.75) is 19.8 Å². The fourth-order valence-corrected chi connectivity index (χ4v) is 2.23. The van der Waals surface area contributed by atoms with Crippen LogP contribution in [0.2, 0.25) is 0 Å². The van der Waals surface area contributed by atoms with Gasteiger partial charge in [-0.25, -0.2) is 0 Å². The molecule has 5 heteroatoms. The van der Waals surface area contributed by atoms with E-state index in [9.17, 15) is 0 Å². The van der Waals surface area contributed by atoms with E-state index in [0.29, 0.717) is 6.54 Å². The third-order valence-electron chi connectivity index (χ3n) is 3.39. The van der Waals surface area contributed by atoms with Gasteiger partial charge in [-0.3, -0.25) is 4.99 Å². The molecule has 0 aliphatic carbocycles. The van der Waals surface area contributed by atoms with Crippen molar-refractivity contribution in [1.29, 1.82) is 0 Å². The third kappa shape index (κ3) is 6.06. The molecule has 0 aliphatic heterocycles. The highest BCUT2D eigenvalue weighted by atomic mass is 16.5. The number of benzene rings is 1. The van der Waals surface area contributed by atoms with Gasteiger partial charge in [0.1, 0.15) is 11.5 Å². The Kier molecular flexibility index (Phi) is 7.04. The van der Waals surface area contributed by atoms with Crippen LogP contribution in [0, 0.1) is 0 Å². The highest BCUT2D eigenvalue weighted by Crippen LogP contribution is 2.12. The van der Waals surface area contributed by atoms with E-state index >= 15 is 0 Å². The number of ether oxygens (including phenoxy) is 1. The Labute approximate surface area is 137 Å². The van der Waals surface area contributed by atoms with Gasteiger partial charge in [0.15, 0.2) is 5.96 Å². The minimum atomic E-state index is 0.696. The van der Waals surface area contributed by atoms with Crippen LogP contribution in [0.1, 0.15) is 18.2 Å². The van der Waals surface area contributed by atoms with E-state index in [0.717, 1.165) is 43.4 Å². The summed E-state index contributed by atoms with van der Waals surface area (Å²) in [6, 6.07) is 12.0. The van der Waals surface area contributed by atoms with E-state index in [1.54, 1.807) is 13.4 Å². The highest BCUT2D eigenvalue weighted by Gasteiger charge is 2.00. The van der Waals surface area contributed by atoms with E-state index in [1.807, 2.05) is 24.3 Å². The molecular weight excluding hydrogens is 290 g/mol. The summed E-state index contributed by atoms with van der Waals surface area (Å²) in [7, 11) is 1.69. The lowest BCUT2D eigenvalue weighted by Gasteiger charge is -2.11. The van der Waals surface area contributed by atoms with Crippen LogP contribution in [-0.2, 0) is 12.8 Å². The number of nitrogens with one attached hydrogen (secondary N) is 2. The predicted octanol–water partition coefficient (Wildman–Crippen LogP) is 2.63. The summed E-state index contributed by atoms with van der Waals surface area (Å²) in [6.07, 6.45) is 3.41. The van der Waals surface area contributed by atoms with Gasteiger partial charge in [0.25, 0.3) is 0 Å². The third-order valence-corrected chi connectivity index (χ3v) is 3.39. The van der Waals surface area contributed by atoms with Crippen LogP contribution in [0.3, 0.4) is 0 Å². The Bertz CT molecular complexity index is 594. The number of methoxy groups -OCH3 is 1. The summed E-state index contributed by atoms with van der Waals surface area (Å²) in [6.45, 7) is 4.42. The Morgan fingerprint density at radius 1 is 1.17 bits per heavy atom. The standard InChI is InChI=1S/C18H25N3O2/c1-3-19-18(21-12-10-16-8-5-13-23-16)20-11-9-15-6-4-7-17(14-15)22-2/h4-8,13-14H,3,9-12H2,1-2H3,(H2,19,20,21). The van der Waals surface area contributed by atoms with Gasteiger partial charge >= 0.3 is 0 Å². The van der Waals surface area contributed by atoms with Crippen molar-refractivity contribution in [1.82, 2.24) is 10.6 Å². The van der Waals surface area contributed by atoms with Crippen LogP contribution in [-0.4, -0.2) is 32.7 Å². The molecule has 0 fully saturated rings. The Morgan fingerprint density at radius 3 is 2.83 bits per heavy atom. The number of nitrogens with zero attached hydrogens (tertiary/aromatic N) is 1. The smallest absolute Gasteiger partial charge is 0.191 e. The zero-order valence-electron chi connectivity index (χ0n) is 13.8. The van der Waals surface area contributed by atoms with Crippen molar-refractivity contribution in [3.05, 3.63) is 54.0 Å².